The number of aryl methyl sites for hydroxylation is 1. The van der Waals surface area contributed by atoms with Crippen molar-refractivity contribution in [3.8, 4) is 5.75 Å². The average molecular weight is 271 g/mol. The number of carboxylic acid groups (broad SMARTS) is 1. The summed E-state index contributed by atoms with van der Waals surface area (Å²) in [6.07, 6.45) is 0.388. The van der Waals surface area contributed by atoms with E-state index in [1.807, 2.05) is 19.9 Å². The molecule has 0 saturated carbocycles. The molecule has 0 bridgehead atoms. The number of rotatable bonds is 4. The highest BCUT2D eigenvalue weighted by molar-refractivity contribution is 6.31. The van der Waals surface area contributed by atoms with Crippen LogP contribution in [0.2, 0.25) is 5.02 Å². The van der Waals surface area contributed by atoms with Gasteiger partial charge in [0.05, 0.1) is 12.5 Å². The van der Waals surface area contributed by atoms with Crippen LogP contribution < -0.4 is 4.74 Å². The van der Waals surface area contributed by atoms with E-state index in [0.717, 1.165) is 22.4 Å². The molecule has 0 amide bonds. The lowest BCUT2D eigenvalue weighted by Crippen LogP contribution is -2.27. The summed E-state index contributed by atoms with van der Waals surface area (Å²) in [5.41, 5.74) is 1.82. The van der Waals surface area contributed by atoms with Crippen molar-refractivity contribution in [1.29, 1.82) is 0 Å². The van der Waals surface area contributed by atoms with Gasteiger partial charge in [0.25, 0.3) is 0 Å². The first-order valence-electron chi connectivity index (χ1n) is 5.76. The van der Waals surface area contributed by atoms with E-state index in [9.17, 15) is 9.90 Å². The van der Waals surface area contributed by atoms with Crippen molar-refractivity contribution in [1.82, 2.24) is 0 Å². The number of hydrogen-bond acceptors (Lipinski definition) is 2. The Bertz CT molecular complexity index is 478. The minimum Gasteiger partial charge on any atom is -0.496 e. The van der Waals surface area contributed by atoms with Crippen molar-refractivity contribution in [2.75, 3.05) is 7.11 Å². The van der Waals surface area contributed by atoms with Crippen molar-refractivity contribution in [2.24, 2.45) is 5.41 Å². The number of aliphatic carboxylic acids is 1. The molecule has 0 aliphatic heterocycles. The molecule has 0 saturated heterocycles. The molecular weight excluding hydrogens is 252 g/mol. The van der Waals surface area contributed by atoms with Gasteiger partial charge in [-0.2, -0.15) is 0 Å². The smallest absolute Gasteiger partial charge is 0.309 e. The van der Waals surface area contributed by atoms with E-state index in [4.69, 9.17) is 16.3 Å². The number of hydrogen-bond donors (Lipinski definition) is 1. The molecule has 0 atom stereocenters. The fourth-order valence-corrected chi connectivity index (χ4v) is 2.21. The Morgan fingerprint density at radius 3 is 2.44 bits per heavy atom. The standard InChI is InChI=1S/C14H19ClO3/c1-8-6-11(15)9(2)10(12(8)18-5)7-14(3,4)13(16)17/h6H,7H2,1-5H3,(H,16,17). The van der Waals surface area contributed by atoms with E-state index in [1.54, 1.807) is 21.0 Å². The summed E-state index contributed by atoms with van der Waals surface area (Å²) in [5, 5.41) is 9.86. The minimum atomic E-state index is -0.852. The second-order valence-electron chi connectivity index (χ2n) is 5.18. The number of methoxy groups -OCH3 is 1. The SMILES string of the molecule is COc1c(C)cc(Cl)c(C)c1CC(C)(C)C(=O)O. The highest BCUT2D eigenvalue weighted by Crippen LogP contribution is 2.36. The molecule has 0 aliphatic carbocycles. The number of ether oxygens (including phenoxy) is 1. The molecule has 0 heterocycles. The number of carboxylic acids is 1. The van der Waals surface area contributed by atoms with Gasteiger partial charge in [0, 0.05) is 5.02 Å². The lowest BCUT2D eigenvalue weighted by Gasteiger charge is -2.23. The van der Waals surface area contributed by atoms with Crippen LogP contribution in [0.3, 0.4) is 0 Å². The van der Waals surface area contributed by atoms with Gasteiger partial charge < -0.3 is 9.84 Å². The molecular formula is C14H19ClO3. The summed E-state index contributed by atoms with van der Waals surface area (Å²) in [4.78, 5) is 11.2. The Morgan fingerprint density at radius 2 is 2.00 bits per heavy atom. The largest absolute Gasteiger partial charge is 0.496 e. The van der Waals surface area contributed by atoms with Crippen LogP contribution in [0.1, 0.15) is 30.5 Å². The third-order valence-electron chi connectivity index (χ3n) is 3.19. The van der Waals surface area contributed by atoms with E-state index in [0.29, 0.717) is 11.4 Å². The number of benzene rings is 1. The Morgan fingerprint density at radius 1 is 1.44 bits per heavy atom. The van der Waals surface area contributed by atoms with Crippen molar-refractivity contribution in [2.45, 2.75) is 34.1 Å². The zero-order valence-electron chi connectivity index (χ0n) is 11.4. The van der Waals surface area contributed by atoms with Gasteiger partial charge >= 0.3 is 5.97 Å². The van der Waals surface area contributed by atoms with Crippen molar-refractivity contribution in [3.63, 3.8) is 0 Å². The zero-order chi connectivity index (χ0) is 14.1. The van der Waals surface area contributed by atoms with Gasteiger partial charge in [0.15, 0.2) is 0 Å². The Labute approximate surface area is 113 Å². The summed E-state index contributed by atoms with van der Waals surface area (Å²) < 4.78 is 5.39. The maximum atomic E-state index is 11.2. The molecule has 3 nitrogen and oxygen atoms in total. The van der Waals surface area contributed by atoms with E-state index in [2.05, 4.69) is 0 Å². The van der Waals surface area contributed by atoms with Crippen molar-refractivity contribution in [3.05, 3.63) is 27.8 Å². The quantitative estimate of drug-likeness (QED) is 0.909. The molecule has 100 valence electrons. The monoisotopic (exact) mass is 270 g/mol. The van der Waals surface area contributed by atoms with Crippen LogP contribution in [0, 0.1) is 19.3 Å². The first kappa shape index (κ1) is 14.8. The predicted octanol–water partition coefficient (Wildman–Crippen LogP) is 3.62. The first-order valence-corrected chi connectivity index (χ1v) is 6.14. The minimum absolute atomic E-state index is 0.388. The molecule has 1 aromatic rings. The molecule has 1 aromatic carbocycles. The number of carbonyl (C=O) groups is 1. The molecule has 0 aliphatic rings. The molecule has 0 aromatic heterocycles. The van der Waals surface area contributed by atoms with Crippen LogP contribution in [0.4, 0.5) is 0 Å². The summed E-state index contributed by atoms with van der Waals surface area (Å²) in [6.45, 7) is 7.19. The van der Waals surface area contributed by atoms with Gasteiger partial charge in [0.1, 0.15) is 5.75 Å². The summed E-state index contributed by atoms with van der Waals surface area (Å²) in [5.74, 6) is -0.104. The molecule has 4 heteroatoms. The molecule has 1 N–H and O–H groups in total. The number of halogens is 1. The van der Waals surface area contributed by atoms with Crippen LogP contribution in [0.5, 0.6) is 5.75 Å². The topological polar surface area (TPSA) is 46.5 Å². The van der Waals surface area contributed by atoms with Crippen LogP contribution in [-0.4, -0.2) is 18.2 Å². The molecule has 1 rings (SSSR count). The van der Waals surface area contributed by atoms with Gasteiger partial charge in [-0.15, -0.1) is 0 Å². The van der Waals surface area contributed by atoms with Crippen LogP contribution >= 0.6 is 11.6 Å². The van der Waals surface area contributed by atoms with E-state index < -0.39 is 11.4 Å². The first-order chi connectivity index (χ1) is 8.20. The van der Waals surface area contributed by atoms with Crippen LogP contribution in [-0.2, 0) is 11.2 Å². The van der Waals surface area contributed by atoms with Crippen molar-refractivity contribution >= 4 is 17.6 Å². The second-order valence-corrected chi connectivity index (χ2v) is 5.59. The highest BCUT2D eigenvalue weighted by Gasteiger charge is 2.30. The summed E-state index contributed by atoms with van der Waals surface area (Å²) in [6, 6.07) is 1.84. The Hall–Kier alpha value is -1.22. The van der Waals surface area contributed by atoms with E-state index in [1.165, 1.54) is 0 Å². The molecule has 0 spiro atoms. The fourth-order valence-electron chi connectivity index (χ4n) is 1.93. The maximum Gasteiger partial charge on any atom is 0.309 e. The Balaban J connectivity index is 3.35. The van der Waals surface area contributed by atoms with Gasteiger partial charge in [0.2, 0.25) is 0 Å². The zero-order valence-corrected chi connectivity index (χ0v) is 12.2. The lowest BCUT2D eigenvalue weighted by atomic mass is 9.83. The van der Waals surface area contributed by atoms with Gasteiger partial charge in [-0.05, 0) is 56.9 Å². The summed E-state index contributed by atoms with van der Waals surface area (Å²) >= 11 is 6.15. The Kier molecular flexibility index (Phi) is 4.28. The van der Waals surface area contributed by atoms with E-state index in [-0.39, 0.29) is 0 Å². The maximum absolute atomic E-state index is 11.2. The average Bonchev–Trinajstić information content (AvgIpc) is 2.25. The lowest BCUT2D eigenvalue weighted by molar-refractivity contribution is -0.146. The molecule has 0 radical (unpaired) electrons. The third kappa shape index (κ3) is 2.78. The van der Waals surface area contributed by atoms with Gasteiger partial charge in [-0.25, -0.2) is 0 Å². The fraction of sp³-hybridized carbons (Fsp3) is 0.500. The van der Waals surface area contributed by atoms with E-state index >= 15 is 0 Å². The highest BCUT2D eigenvalue weighted by atomic mass is 35.5. The predicted molar refractivity (Wildman–Crippen MR) is 72.6 cm³/mol. The summed E-state index contributed by atoms with van der Waals surface area (Å²) in [7, 11) is 1.59. The second kappa shape index (κ2) is 5.19. The molecule has 0 unspecified atom stereocenters. The van der Waals surface area contributed by atoms with Crippen LogP contribution in [0.25, 0.3) is 0 Å². The van der Waals surface area contributed by atoms with Gasteiger partial charge in [-0.1, -0.05) is 11.6 Å². The molecule has 18 heavy (non-hydrogen) atoms. The van der Waals surface area contributed by atoms with Crippen molar-refractivity contribution < 1.29 is 14.6 Å². The molecule has 0 fully saturated rings. The van der Waals surface area contributed by atoms with Crippen LogP contribution in [0.15, 0.2) is 6.07 Å². The van der Waals surface area contributed by atoms with Gasteiger partial charge in [-0.3, -0.25) is 4.79 Å². The normalized spacial score (nSPS) is 11.4. The third-order valence-corrected chi connectivity index (χ3v) is 3.58.